The summed E-state index contributed by atoms with van der Waals surface area (Å²) in [6, 6.07) is 13.7. The van der Waals surface area contributed by atoms with E-state index in [-0.39, 0.29) is 12.0 Å². The third-order valence-electron chi connectivity index (χ3n) is 7.05. The number of amides is 1. The number of ether oxygens (including phenoxy) is 3. The van der Waals surface area contributed by atoms with Crippen molar-refractivity contribution in [3.8, 4) is 5.75 Å². The number of hydrogen-bond acceptors (Lipinski definition) is 5. The maximum atomic E-state index is 13.7. The van der Waals surface area contributed by atoms with Crippen molar-refractivity contribution < 1.29 is 19.0 Å². The van der Waals surface area contributed by atoms with Crippen molar-refractivity contribution in [3.05, 3.63) is 64.3 Å². The molecule has 2 fully saturated rings. The number of aromatic amines is 1. The number of carbonyl (C=O) groups is 1. The zero-order valence-electron chi connectivity index (χ0n) is 20.8. The van der Waals surface area contributed by atoms with Crippen molar-refractivity contribution in [2.24, 2.45) is 0 Å². The lowest BCUT2D eigenvalue weighted by Crippen LogP contribution is -2.38. The predicted octanol–water partition coefficient (Wildman–Crippen LogP) is 4.66. The van der Waals surface area contributed by atoms with Gasteiger partial charge in [-0.3, -0.25) is 9.69 Å². The summed E-state index contributed by atoms with van der Waals surface area (Å²) in [5, 5.41) is 1.63. The van der Waals surface area contributed by atoms with Crippen molar-refractivity contribution in [1.82, 2.24) is 14.8 Å². The molecule has 0 radical (unpaired) electrons. The van der Waals surface area contributed by atoms with Crippen LogP contribution in [0.25, 0.3) is 10.9 Å². The summed E-state index contributed by atoms with van der Waals surface area (Å²) in [7, 11) is 0. The van der Waals surface area contributed by atoms with E-state index in [2.05, 4.69) is 9.88 Å². The molecule has 3 heterocycles. The number of benzene rings is 2. The Hall–Kier alpha value is -2.58. The van der Waals surface area contributed by atoms with Gasteiger partial charge in [-0.05, 0) is 61.2 Å². The Morgan fingerprint density at radius 3 is 2.72 bits per heavy atom. The number of nitrogens with one attached hydrogen (secondary N) is 1. The minimum atomic E-state index is -0.0267. The second-order valence-electron chi connectivity index (χ2n) is 9.58. The number of rotatable bonds is 9. The molecule has 2 aromatic carbocycles. The Kier molecular flexibility index (Phi) is 8.12. The zero-order valence-corrected chi connectivity index (χ0v) is 21.6. The van der Waals surface area contributed by atoms with E-state index in [1.807, 2.05) is 54.3 Å². The molecule has 3 aromatic rings. The molecule has 1 N–H and O–H groups in total. The zero-order chi connectivity index (χ0) is 24.9. The number of halogens is 1. The molecule has 0 bridgehead atoms. The molecule has 8 heteroatoms. The fourth-order valence-electron chi connectivity index (χ4n) is 4.95. The van der Waals surface area contributed by atoms with Gasteiger partial charge in [0.2, 0.25) is 0 Å². The Labute approximate surface area is 217 Å². The number of nitrogens with zero attached hydrogens (tertiary/aromatic N) is 2. The van der Waals surface area contributed by atoms with Crippen molar-refractivity contribution in [1.29, 1.82) is 0 Å². The molecule has 1 amide bonds. The van der Waals surface area contributed by atoms with Gasteiger partial charge >= 0.3 is 0 Å². The Balaban J connectivity index is 1.27. The molecule has 1 unspecified atom stereocenters. The Bertz CT molecular complexity index is 1170. The van der Waals surface area contributed by atoms with Gasteiger partial charge < -0.3 is 24.1 Å². The van der Waals surface area contributed by atoms with Gasteiger partial charge in [0.25, 0.3) is 5.91 Å². The van der Waals surface area contributed by atoms with Crippen LogP contribution in [-0.2, 0) is 16.0 Å². The SMILES string of the molecule is Cc1c(C(=O)N(Cc2ccc(OCCN3CCOCC3)cc2)CC2CCCO2)[nH]c2ccc(Cl)cc12. The number of aryl methyl sites for hydroxylation is 1. The van der Waals surface area contributed by atoms with Gasteiger partial charge in [-0.2, -0.15) is 0 Å². The lowest BCUT2D eigenvalue weighted by molar-refractivity contribution is 0.0322. The summed E-state index contributed by atoms with van der Waals surface area (Å²) in [5.74, 6) is 0.813. The van der Waals surface area contributed by atoms with Crippen LogP contribution in [0.15, 0.2) is 42.5 Å². The largest absolute Gasteiger partial charge is 0.492 e. The summed E-state index contributed by atoms with van der Waals surface area (Å²) in [5.41, 5.74) is 3.49. The van der Waals surface area contributed by atoms with E-state index in [0.717, 1.165) is 80.1 Å². The van der Waals surface area contributed by atoms with Crippen LogP contribution >= 0.6 is 11.6 Å². The van der Waals surface area contributed by atoms with Gasteiger partial charge in [0.15, 0.2) is 0 Å². The summed E-state index contributed by atoms with van der Waals surface area (Å²) in [6.07, 6.45) is 2.07. The number of hydrogen-bond donors (Lipinski definition) is 1. The van der Waals surface area contributed by atoms with Gasteiger partial charge in [-0.1, -0.05) is 23.7 Å². The molecule has 5 rings (SSSR count). The van der Waals surface area contributed by atoms with Crippen LogP contribution in [0.2, 0.25) is 5.02 Å². The van der Waals surface area contributed by atoms with Crippen LogP contribution in [0.1, 0.15) is 34.5 Å². The van der Waals surface area contributed by atoms with E-state index in [1.165, 1.54) is 0 Å². The van der Waals surface area contributed by atoms with Gasteiger partial charge in [-0.25, -0.2) is 0 Å². The van der Waals surface area contributed by atoms with E-state index >= 15 is 0 Å². The first-order chi connectivity index (χ1) is 17.6. The first-order valence-corrected chi connectivity index (χ1v) is 13.1. The van der Waals surface area contributed by atoms with Crippen LogP contribution in [0.3, 0.4) is 0 Å². The van der Waals surface area contributed by atoms with Crippen LogP contribution in [0.5, 0.6) is 5.75 Å². The maximum Gasteiger partial charge on any atom is 0.270 e. The number of fused-ring (bicyclic) bond motifs is 1. The van der Waals surface area contributed by atoms with Crippen LogP contribution in [0.4, 0.5) is 0 Å². The minimum absolute atomic E-state index is 0.0267. The second-order valence-corrected chi connectivity index (χ2v) is 10.0. The van der Waals surface area contributed by atoms with Gasteiger partial charge in [-0.15, -0.1) is 0 Å². The second kappa shape index (κ2) is 11.6. The molecular weight excluding hydrogens is 478 g/mol. The number of carbonyl (C=O) groups excluding carboxylic acids is 1. The Morgan fingerprint density at radius 1 is 1.17 bits per heavy atom. The highest BCUT2D eigenvalue weighted by Crippen LogP contribution is 2.27. The quantitative estimate of drug-likeness (QED) is 0.452. The maximum absolute atomic E-state index is 13.7. The third kappa shape index (κ3) is 6.03. The van der Waals surface area contributed by atoms with Crippen molar-refractivity contribution in [3.63, 3.8) is 0 Å². The third-order valence-corrected chi connectivity index (χ3v) is 7.28. The average Bonchev–Trinajstić information content (AvgIpc) is 3.53. The molecule has 0 saturated carbocycles. The molecule has 192 valence electrons. The highest BCUT2D eigenvalue weighted by Gasteiger charge is 2.26. The number of morpholine rings is 1. The molecule has 1 aromatic heterocycles. The number of aromatic nitrogens is 1. The molecule has 7 nitrogen and oxygen atoms in total. The summed E-state index contributed by atoms with van der Waals surface area (Å²) in [4.78, 5) is 21.3. The number of H-pyrrole nitrogens is 1. The van der Waals surface area contributed by atoms with E-state index in [1.54, 1.807) is 0 Å². The minimum Gasteiger partial charge on any atom is -0.492 e. The van der Waals surface area contributed by atoms with E-state index in [0.29, 0.717) is 30.4 Å². The lowest BCUT2D eigenvalue weighted by atomic mass is 10.1. The van der Waals surface area contributed by atoms with E-state index in [9.17, 15) is 4.79 Å². The molecule has 2 aliphatic heterocycles. The highest BCUT2D eigenvalue weighted by atomic mass is 35.5. The molecule has 2 aliphatic rings. The molecule has 0 aliphatic carbocycles. The normalized spacial score (nSPS) is 18.6. The summed E-state index contributed by atoms with van der Waals surface area (Å²) in [6.45, 7) is 8.83. The molecule has 2 saturated heterocycles. The molecule has 1 atom stereocenters. The summed E-state index contributed by atoms with van der Waals surface area (Å²) >= 11 is 6.20. The Morgan fingerprint density at radius 2 is 1.97 bits per heavy atom. The highest BCUT2D eigenvalue weighted by molar-refractivity contribution is 6.31. The topological polar surface area (TPSA) is 67.0 Å². The smallest absolute Gasteiger partial charge is 0.270 e. The molecule has 0 spiro atoms. The van der Waals surface area contributed by atoms with E-state index in [4.69, 9.17) is 25.8 Å². The average molecular weight is 512 g/mol. The van der Waals surface area contributed by atoms with Crippen LogP contribution < -0.4 is 4.74 Å². The van der Waals surface area contributed by atoms with Crippen molar-refractivity contribution in [2.45, 2.75) is 32.4 Å². The van der Waals surface area contributed by atoms with Gasteiger partial charge in [0.05, 0.1) is 19.3 Å². The monoisotopic (exact) mass is 511 g/mol. The van der Waals surface area contributed by atoms with Gasteiger partial charge in [0, 0.05) is 55.3 Å². The molecule has 36 heavy (non-hydrogen) atoms. The first-order valence-electron chi connectivity index (χ1n) is 12.8. The standard InChI is InChI=1S/C28H34ClN3O4/c1-20-25-17-22(29)6-9-26(25)30-27(20)28(33)32(19-24-3-2-13-35-24)18-21-4-7-23(8-5-21)36-16-12-31-10-14-34-15-11-31/h4-9,17,24,30H,2-3,10-16,18-19H2,1H3. The predicted molar refractivity (Wildman–Crippen MR) is 141 cm³/mol. The lowest BCUT2D eigenvalue weighted by Gasteiger charge is -2.26. The van der Waals surface area contributed by atoms with Gasteiger partial charge in [0.1, 0.15) is 18.1 Å². The van der Waals surface area contributed by atoms with E-state index < -0.39 is 0 Å². The fourth-order valence-corrected chi connectivity index (χ4v) is 5.13. The van der Waals surface area contributed by atoms with Crippen LogP contribution in [0, 0.1) is 6.92 Å². The van der Waals surface area contributed by atoms with Crippen LogP contribution in [-0.4, -0.2) is 79.4 Å². The van der Waals surface area contributed by atoms with Crippen molar-refractivity contribution >= 4 is 28.4 Å². The fraction of sp³-hybridized carbons (Fsp3) is 0.464. The van der Waals surface area contributed by atoms with Crippen molar-refractivity contribution in [2.75, 3.05) is 52.6 Å². The summed E-state index contributed by atoms with van der Waals surface area (Å²) < 4.78 is 17.2. The first kappa shape index (κ1) is 25.1. The molecular formula is C28H34ClN3O4.